The number of amides is 2. The molecule has 5 aromatic rings. The molecule has 3 aliphatic rings. The van der Waals surface area contributed by atoms with Gasteiger partial charge in [0.2, 0.25) is 17.8 Å². The number of piperidine rings is 1. The maximum atomic E-state index is 13.0. The van der Waals surface area contributed by atoms with Crippen LogP contribution in [0.25, 0.3) is 33.2 Å². The molecule has 3 fully saturated rings. The van der Waals surface area contributed by atoms with Gasteiger partial charge in [-0.25, -0.2) is 9.78 Å². The standard InChI is InChI=1S/C55H79N9O7/c1-4-41(5-2)37-56-54-57-38-46-47(40-63(52(46)59-54)45-13-9-6-10-14-45)44-18-15-43(16-19-44)39-62-25-23-61(24-26-62)27-29-69-31-33-71-35-34-70-32-30-68-28-11-7-8-12-42-17-20-48-50(36-42)60(3)55(67)64(48)49-21-22-51(65)58-53(49)66/h15-20,36,38,40-41,45,49H,4-14,21-35,37,39H2,1-3H3,(H,56,57,59)(H,58,65,66). The Morgan fingerprint density at radius 2 is 1.42 bits per heavy atom. The minimum Gasteiger partial charge on any atom is -0.379 e. The van der Waals surface area contributed by atoms with Gasteiger partial charge >= 0.3 is 5.69 Å². The van der Waals surface area contributed by atoms with E-state index in [0.29, 0.717) is 76.8 Å². The van der Waals surface area contributed by atoms with Crippen molar-refractivity contribution in [1.82, 2.24) is 38.8 Å². The number of ether oxygens (including phenoxy) is 4. The third-order valence-corrected chi connectivity index (χ3v) is 15.0. The first-order chi connectivity index (χ1) is 34.8. The van der Waals surface area contributed by atoms with Crippen LogP contribution in [-0.2, 0) is 48.5 Å². The van der Waals surface area contributed by atoms with Gasteiger partial charge < -0.3 is 28.8 Å². The highest BCUT2D eigenvalue weighted by atomic mass is 16.6. The first-order valence-electron chi connectivity index (χ1n) is 26.8. The number of anilines is 1. The molecule has 5 heterocycles. The fraction of sp³-hybridized carbons (Fsp3) is 0.618. The summed E-state index contributed by atoms with van der Waals surface area (Å²) >= 11 is 0. The molecule has 0 spiro atoms. The lowest BCUT2D eigenvalue weighted by atomic mass is 9.95. The van der Waals surface area contributed by atoms with Crippen LogP contribution in [0.1, 0.15) is 114 Å². The van der Waals surface area contributed by atoms with E-state index in [9.17, 15) is 14.4 Å². The van der Waals surface area contributed by atoms with Crippen molar-refractivity contribution >= 4 is 39.8 Å². The minimum atomic E-state index is -0.672. The van der Waals surface area contributed by atoms with E-state index >= 15 is 0 Å². The van der Waals surface area contributed by atoms with Crippen LogP contribution in [0.2, 0.25) is 0 Å². The molecule has 1 saturated carbocycles. The summed E-state index contributed by atoms with van der Waals surface area (Å²) in [7, 11) is 1.72. The lowest BCUT2D eigenvalue weighted by Crippen LogP contribution is -2.46. The van der Waals surface area contributed by atoms with Crippen LogP contribution in [-0.4, -0.2) is 137 Å². The van der Waals surface area contributed by atoms with Crippen molar-refractivity contribution in [2.75, 3.05) is 97.4 Å². The largest absolute Gasteiger partial charge is 0.379 e. The number of carbonyl (C=O) groups excluding carboxylic acids is 2. The van der Waals surface area contributed by atoms with Gasteiger partial charge in [-0.15, -0.1) is 0 Å². The monoisotopic (exact) mass is 978 g/mol. The van der Waals surface area contributed by atoms with Crippen LogP contribution in [0.4, 0.5) is 5.95 Å². The summed E-state index contributed by atoms with van der Waals surface area (Å²) in [6.07, 6.45) is 17.5. The number of rotatable bonds is 28. The van der Waals surface area contributed by atoms with Crippen molar-refractivity contribution in [3.05, 3.63) is 76.5 Å². The molecule has 71 heavy (non-hydrogen) atoms. The lowest BCUT2D eigenvalue weighted by molar-refractivity contribution is -0.135. The van der Waals surface area contributed by atoms with Gasteiger partial charge in [0.1, 0.15) is 11.7 Å². The van der Waals surface area contributed by atoms with E-state index in [2.05, 4.69) is 69.3 Å². The maximum absolute atomic E-state index is 13.0. The summed E-state index contributed by atoms with van der Waals surface area (Å²) < 4.78 is 28.6. The normalized spacial score (nSPS) is 17.5. The third-order valence-electron chi connectivity index (χ3n) is 15.0. The molecule has 1 atom stereocenters. The molecule has 2 aromatic carbocycles. The number of hydrogen-bond donors (Lipinski definition) is 2. The number of carbonyl (C=O) groups is 2. The Kier molecular flexibility index (Phi) is 19.6. The van der Waals surface area contributed by atoms with E-state index in [1.807, 2.05) is 24.4 Å². The molecule has 2 amide bonds. The zero-order chi connectivity index (χ0) is 49.4. The summed E-state index contributed by atoms with van der Waals surface area (Å²) in [5, 5.41) is 7.04. The first kappa shape index (κ1) is 52.4. The van der Waals surface area contributed by atoms with Gasteiger partial charge in [0.25, 0.3) is 0 Å². The number of imidazole rings is 1. The third kappa shape index (κ3) is 14.2. The molecule has 16 heteroatoms. The van der Waals surface area contributed by atoms with Crippen molar-refractivity contribution in [3.8, 4) is 11.1 Å². The molecule has 1 unspecified atom stereocenters. The van der Waals surface area contributed by atoms with Crippen LogP contribution in [0, 0.1) is 5.92 Å². The van der Waals surface area contributed by atoms with Gasteiger partial charge in [0.05, 0.1) is 57.3 Å². The zero-order valence-corrected chi connectivity index (χ0v) is 42.7. The van der Waals surface area contributed by atoms with Gasteiger partial charge in [-0.05, 0) is 73.3 Å². The highest BCUT2D eigenvalue weighted by Crippen LogP contribution is 2.37. The molecular weight excluding hydrogens is 899 g/mol. The van der Waals surface area contributed by atoms with Crippen LogP contribution in [0.5, 0.6) is 0 Å². The van der Waals surface area contributed by atoms with Crippen molar-refractivity contribution in [2.24, 2.45) is 13.0 Å². The van der Waals surface area contributed by atoms with E-state index in [4.69, 9.17) is 28.9 Å². The van der Waals surface area contributed by atoms with Gasteiger partial charge in [-0.1, -0.05) is 82.7 Å². The van der Waals surface area contributed by atoms with Gasteiger partial charge in [0.15, 0.2) is 0 Å². The Labute approximate surface area is 419 Å². The number of aryl methyl sites for hydroxylation is 2. The Morgan fingerprint density at radius 3 is 2.13 bits per heavy atom. The number of imide groups is 1. The fourth-order valence-corrected chi connectivity index (χ4v) is 10.5. The summed E-state index contributed by atoms with van der Waals surface area (Å²) in [4.78, 5) is 52.1. The highest BCUT2D eigenvalue weighted by Gasteiger charge is 2.31. The quantitative estimate of drug-likeness (QED) is 0.0373. The van der Waals surface area contributed by atoms with E-state index in [1.54, 1.807) is 11.6 Å². The van der Waals surface area contributed by atoms with E-state index in [0.717, 1.165) is 112 Å². The summed E-state index contributed by atoms with van der Waals surface area (Å²) in [5.74, 6) is 0.657. The number of nitrogens with zero attached hydrogens (tertiary/aromatic N) is 7. The van der Waals surface area contributed by atoms with Crippen molar-refractivity contribution < 1.29 is 28.5 Å². The van der Waals surface area contributed by atoms with Crippen LogP contribution in [0.3, 0.4) is 0 Å². The molecule has 16 nitrogen and oxygen atoms in total. The second-order valence-electron chi connectivity index (χ2n) is 19.8. The fourth-order valence-electron chi connectivity index (χ4n) is 10.5. The predicted molar refractivity (Wildman–Crippen MR) is 279 cm³/mol. The number of hydrogen-bond acceptors (Lipinski definition) is 12. The molecular formula is C55H79N9O7. The molecule has 386 valence electrons. The SMILES string of the molecule is CCC(CC)CNc1ncc2c(-c3ccc(CN4CCN(CCOCCOCCOCCOCCCCCc5ccc6c(c5)n(C)c(=O)n6C5CCC(=O)NC5=O)CC4)cc3)cn(C3CCCCC3)c2n1. The average molecular weight is 978 g/mol. The predicted octanol–water partition coefficient (Wildman–Crippen LogP) is 7.68. The number of aromatic nitrogens is 5. The zero-order valence-electron chi connectivity index (χ0n) is 42.7. The summed E-state index contributed by atoms with van der Waals surface area (Å²) in [5.41, 5.74) is 7.26. The van der Waals surface area contributed by atoms with Crippen molar-refractivity contribution in [2.45, 2.75) is 116 Å². The second kappa shape index (κ2) is 26.6. The van der Waals surface area contributed by atoms with Crippen LogP contribution >= 0.6 is 0 Å². The van der Waals surface area contributed by atoms with Crippen molar-refractivity contribution in [1.29, 1.82) is 0 Å². The summed E-state index contributed by atoms with van der Waals surface area (Å²) in [6.45, 7) is 16.2. The minimum absolute atomic E-state index is 0.227. The van der Waals surface area contributed by atoms with E-state index in [1.165, 1.54) is 53.4 Å². The Morgan fingerprint density at radius 1 is 0.746 bits per heavy atom. The Bertz CT molecular complexity index is 2520. The van der Waals surface area contributed by atoms with Crippen LogP contribution < -0.4 is 16.3 Å². The molecule has 2 N–H and O–H groups in total. The summed E-state index contributed by atoms with van der Waals surface area (Å²) in [6, 6.07) is 15.0. The molecule has 2 saturated heterocycles. The number of nitrogens with one attached hydrogen (secondary N) is 2. The maximum Gasteiger partial charge on any atom is 0.329 e. The van der Waals surface area contributed by atoms with E-state index < -0.39 is 11.9 Å². The van der Waals surface area contributed by atoms with Gasteiger partial charge in [0, 0.05) is 95.3 Å². The number of piperazine rings is 1. The van der Waals surface area contributed by atoms with Gasteiger partial charge in [-0.2, -0.15) is 4.98 Å². The van der Waals surface area contributed by atoms with E-state index in [-0.39, 0.29) is 18.0 Å². The number of unbranched alkanes of at least 4 members (excludes halogenated alkanes) is 2. The van der Waals surface area contributed by atoms with Crippen LogP contribution in [0.15, 0.2) is 59.7 Å². The smallest absolute Gasteiger partial charge is 0.329 e. The lowest BCUT2D eigenvalue weighted by Gasteiger charge is -2.34. The molecule has 0 bridgehead atoms. The van der Waals surface area contributed by atoms with Gasteiger partial charge in [-0.3, -0.25) is 33.8 Å². The highest BCUT2D eigenvalue weighted by molar-refractivity contribution is 6.00. The van der Waals surface area contributed by atoms with Crippen molar-refractivity contribution in [3.63, 3.8) is 0 Å². The Balaban J connectivity index is 0.634. The topological polar surface area (TPSA) is 159 Å². The first-order valence-corrected chi connectivity index (χ1v) is 26.8. The molecule has 8 rings (SSSR count). The number of benzene rings is 2. The number of fused-ring (bicyclic) bond motifs is 2. The Hall–Kier alpha value is -4.97. The molecule has 0 radical (unpaired) electrons. The molecule has 3 aromatic heterocycles. The molecule has 1 aliphatic carbocycles. The second-order valence-corrected chi connectivity index (χ2v) is 19.8. The molecule has 2 aliphatic heterocycles. The average Bonchev–Trinajstić information content (AvgIpc) is 3.89.